The van der Waals surface area contributed by atoms with Crippen LogP contribution < -0.4 is 0 Å². The van der Waals surface area contributed by atoms with Crippen LogP contribution in [0.15, 0.2) is 11.5 Å². The molecular weight excluding hydrogens is 259 g/mol. The maximum Gasteiger partial charge on any atom is 0.490 e. The van der Waals surface area contributed by atoms with Gasteiger partial charge < -0.3 is 9.31 Å². The summed E-state index contributed by atoms with van der Waals surface area (Å²) in [4.78, 5) is 0. The zero-order chi connectivity index (χ0) is 16.5. The molecule has 0 aromatic rings. The van der Waals surface area contributed by atoms with Crippen LogP contribution in [0.4, 0.5) is 0 Å². The molecule has 1 atom stereocenters. The fraction of sp³-hybridized carbons (Fsp3) is 0.889. The first-order chi connectivity index (χ1) is 9.44. The summed E-state index contributed by atoms with van der Waals surface area (Å²) in [6.45, 7) is 19.6. The Morgan fingerprint density at radius 1 is 1.05 bits per heavy atom. The van der Waals surface area contributed by atoms with Crippen molar-refractivity contribution in [2.75, 3.05) is 0 Å². The molecule has 0 radical (unpaired) electrons. The Bertz CT molecular complexity index is 367. The fourth-order valence-electron chi connectivity index (χ4n) is 3.15. The zero-order valence-corrected chi connectivity index (χ0v) is 15.7. The first kappa shape index (κ1) is 18.8. The van der Waals surface area contributed by atoms with E-state index in [4.69, 9.17) is 9.31 Å². The summed E-state index contributed by atoms with van der Waals surface area (Å²) in [7, 11) is -0.156. The lowest BCUT2D eigenvalue weighted by molar-refractivity contribution is 0.00578. The maximum atomic E-state index is 6.15. The molecule has 2 aliphatic rings. The molecule has 1 saturated heterocycles. The van der Waals surface area contributed by atoms with Crippen LogP contribution in [0, 0.1) is 11.3 Å². The summed E-state index contributed by atoms with van der Waals surface area (Å²) in [6, 6.07) is 0. The van der Waals surface area contributed by atoms with Crippen molar-refractivity contribution in [2.24, 2.45) is 11.3 Å². The molecule has 0 aromatic carbocycles. The summed E-state index contributed by atoms with van der Waals surface area (Å²) in [5, 5.41) is 0. The second-order valence-electron chi connectivity index (χ2n) is 8.52. The van der Waals surface area contributed by atoms with Crippen LogP contribution in [0.25, 0.3) is 0 Å². The van der Waals surface area contributed by atoms with Crippen molar-refractivity contribution in [1.82, 2.24) is 0 Å². The number of rotatable bonds is 1. The van der Waals surface area contributed by atoms with Gasteiger partial charge in [-0.25, -0.2) is 0 Å². The fourth-order valence-corrected chi connectivity index (χ4v) is 3.15. The molecule has 0 spiro atoms. The van der Waals surface area contributed by atoms with Crippen molar-refractivity contribution in [3.63, 3.8) is 0 Å². The maximum absolute atomic E-state index is 6.15. The minimum Gasteiger partial charge on any atom is -0.400 e. The predicted molar refractivity (Wildman–Crippen MR) is 92.3 cm³/mol. The van der Waals surface area contributed by atoms with E-state index in [0.29, 0.717) is 5.92 Å². The van der Waals surface area contributed by atoms with Gasteiger partial charge >= 0.3 is 7.12 Å². The molecule has 1 aliphatic carbocycles. The third-order valence-electron chi connectivity index (χ3n) is 4.59. The molecular formula is C18H35BO2. The largest absolute Gasteiger partial charge is 0.490 e. The average Bonchev–Trinajstić information content (AvgIpc) is 2.46. The summed E-state index contributed by atoms with van der Waals surface area (Å²) in [5.74, 6) is 0.707. The van der Waals surface area contributed by atoms with E-state index in [1.807, 2.05) is 0 Å². The Kier molecular flexibility index (Phi) is 5.77. The molecule has 1 fully saturated rings. The highest BCUT2D eigenvalue weighted by molar-refractivity contribution is 6.54. The van der Waals surface area contributed by atoms with E-state index in [1.54, 1.807) is 0 Å². The second kappa shape index (κ2) is 6.46. The molecule has 122 valence electrons. The van der Waals surface area contributed by atoms with Gasteiger partial charge in [0.15, 0.2) is 0 Å². The Hall–Kier alpha value is -0.275. The van der Waals surface area contributed by atoms with Crippen molar-refractivity contribution in [3.8, 4) is 0 Å². The van der Waals surface area contributed by atoms with Gasteiger partial charge in [0.2, 0.25) is 0 Å². The highest BCUT2D eigenvalue weighted by Crippen LogP contribution is 2.43. The van der Waals surface area contributed by atoms with Crippen LogP contribution in [-0.2, 0) is 9.31 Å². The topological polar surface area (TPSA) is 18.5 Å². The first-order valence-electron chi connectivity index (χ1n) is 8.51. The molecule has 1 heterocycles. The van der Waals surface area contributed by atoms with Gasteiger partial charge in [0, 0.05) is 0 Å². The normalized spacial score (nSPS) is 29.5. The van der Waals surface area contributed by atoms with E-state index >= 15 is 0 Å². The van der Waals surface area contributed by atoms with Crippen molar-refractivity contribution < 1.29 is 9.31 Å². The van der Waals surface area contributed by atoms with Crippen LogP contribution in [0.3, 0.4) is 0 Å². The SMILES string of the molecule is CC1CC(B2OC(C)(C)C(C)(C)O2)=CC(C)(C)C1.CCC. The Morgan fingerprint density at radius 3 is 1.86 bits per heavy atom. The lowest BCUT2D eigenvalue weighted by atomic mass is 9.64. The third-order valence-corrected chi connectivity index (χ3v) is 4.59. The molecule has 2 nitrogen and oxygen atoms in total. The predicted octanol–water partition coefficient (Wildman–Crippen LogP) is 5.42. The Labute approximate surface area is 132 Å². The van der Waals surface area contributed by atoms with Crippen LogP contribution in [0.1, 0.15) is 81.6 Å². The monoisotopic (exact) mass is 294 g/mol. The number of hydrogen-bond donors (Lipinski definition) is 0. The molecule has 3 heteroatoms. The molecule has 21 heavy (non-hydrogen) atoms. The van der Waals surface area contributed by atoms with Crippen molar-refractivity contribution in [3.05, 3.63) is 11.5 Å². The highest BCUT2D eigenvalue weighted by atomic mass is 16.7. The van der Waals surface area contributed by atoms with Gasteiger partial charge in [0.1, 0.15) is 0 Å². The van der Waals surface area contributed by atoms with E-state index in [-0.39, 0.29) is 23.7 Å². The molecule has 0 amide bonds. The first-order valence-corrected chi connectivity index (χ1v) is 8.51. The lowest BCUT2D eigenvalue weighted by Crippen LogP contribution is -2.41. The van der Waals surface area contributed by atoms with Gasteiger partial charge in [-0.2, -0.15) is 0 Å². The van der Waals surface area contributed by atoms with Gasteiger partial charge in [0.25, 0.3) is 0 Å². The van der Waals surface area contributed by atoms with Gasteiger partial charge in [0.05, 0.1) is 11.2 Å². The van der Waals surface area contributed by atoms with E-state index in [2.05, 4.69) is 68.4 Å². The summed E-state index contributed by atoms with van der Waals surface area (Å²) >= 11 is 0. The molecule has 0 aromatic heterocycles. The third kappa shape index (κ3) is 4.59. The molecule has 0 N–H and O–H groups in total. The Morgan fingerprint density at radius 2 is 1.48 bits per heavy atom. The smallest absolute Gasteiger partial charge is 0.400 e. The summed E-state index contributed by atoms with van der Waals surface area (Å²) in [5.41, 5.74) is 1.13. The Balaban J connectivity index is 0.000000677. The molecule has 1 aliphatic heterocycles. The van der Waals surface area contributed by atoms with Crippen molar-refractivity contribution in [1.29, 1.82) is 0 Å². The molecule has 0 saturated carbocycles. The quantitative estimate of drug-likeness (QED) is 0.601. The van der Waals surface area contributed by atoms with Crippen LogP contribution in [0.2, 0.25) is 0 Å². The van der Waals surface area contributed by atoms with Gasteiger partial charge in [-0.05, 0) is 57.3 Å². The van der Waals surface area contributed by atoms with Crippen LogP contribution in [-0.4, -0.2) is 18.3 Å². The minimum atomic E-state index is -0.233. The van der Waals surface area contributed by atoms with E-state index in [0.717, 1.165) is 6.42 Å². The molecule has 2 rings (SSSR count). The second-order valence-corrected chi connectivity index (χ2v) is 8.52. The van der Waals surface area contributed by atoms with Crippen LogP contribution >= 0.6 is 0 Å². The van der Waals surface area contributed by atoms with Gasteiger partial charge in [-0.3, -0.25) is 0 Å². The highest BCUT2D eigenvalue weighted by Gasteiger charge is 2.53. The number of allylic oxidation sites excluding steroid dienone is 2. The van der Waals surface area contributed by atoms with Crippen molar-refractivity contribution in [2.45, 2.75) is 92.8 Å². The number of hydrogen-bond acceptors (Lipinski definition) is 2. The molecule has 1 unspecified atom stereocenters. The molecule has 0 bridgehead atoms. The van der Waals surface area contributed by atoms with Crippen LogP contribution in [0.5, 0.6) is 0 Å². The average molecular weight is 294 g/mol. The van der Waals surface area contributed by atoms with Gasteiger partial charge in [-0.1, -0.05) is 47.1 Å². The summed E-state index contributed by atoms with van der Waals surface area (Å²) < 4.78 is 12.3. The van der Waals surface area contributed by atoms with E-state index in [1.165, 1.54) is 18.3 Å². The minimum absolute atomic E-state index is 0.156. The van der Waals surface area contributed by atoms with Gasteiger partial charge in [-0.15, -0.1) is 0 Å². The lowest BCUT2D eigenvalue weighted by Gasteiger charge is -2.32. The standard InChI is InChI=1S/C15H27BO2.C3H8/c1-11-8-12(10-13(2,3)9-11)16-17-14(4,5)15(6,7)18-16;1-3-2/h10-11H,8-9H2,1-7H3;3H2,1-2H3. The zero-order valence-electron chi connectivity index (χ0n) is 15.7. The van der Waals surface area contributed by atoms with Crippen molar-refractivity contribution >= 4 is 7.12 Å². The van der Waals surface area contributed by atoms with E-state index in [9.17, 15) is 0 Å². The van der Waals surface area contributed by atoms with E-state index < -0.39 is 0 Å². The summed E-state index contributed by atoms with van der Waals surface area (Å²) in [6.07, 6.45) is 5.96.